The van der Waals surface area contributed by atoms with Crippen LogP contribution in [0.15, 0.2) is 12.1 Å². The molecule has 0 atom stereocenters. The van der Waals surface area contributed by atoms with E-state index >= 15 is 0 Å². The first-order chi connectivity index (χ1) is 9.40. The molecule has 6 nitrogen and oxygen atoms in total. The number of ether oxygens (including phenoxy) is 2. The molecule has 0 saturated carbocycles. The molecule has 7 heteroatoms. The van der Waals surface area contributed by atoms with Crippen LogP contribution in [0.2, 0.25) is 5.02 Å². The number of halogens is 1. The molecule has 2 amide bonds. The number of amides is 2. The first kappa shape index (κ1) is 16.1. The van der Waals surface area contributed by atoms with E-state index in [-0.39, 0.29) is 29.0 Å². The SMILES string of the molecule is CCN(C)C(=O)c1cc(Cl)c(OCC(N)=O)c(OC)c1. The van der Waals surface area contributed by atoms with Crippen LogP contribution in [0, 0.1) is 0 Å². The highest BCUT2D eigenvalue weighted by atomic mass is 35.5. The predicted octanol–water partition coefficient (Wildman–Crippen LogP) is 1.30. The summed E-state index contributed by atoms with van der Waals surface area (Å²) < 4.78 is 10.3. The topological polar surface area (TPSA) is 81.9 Å². The Bertz CT molecular complexity index is 519. The van der Waals surface area contributed by atoms with Gasteiger partial charge >= 0.3 is 0 Å². The Morgan fingerprint density at radius 3 is 2.55 bits per heavy atom. The number of hydrogen-bond acceptors (Lipinski definition) is 4. The van der Waals surface area contributed by atoms with Crippen molar-refractivity contribution >= 4 is 23.4 Å². The molecule has 0 heterocycles. The minimum Gasteiger partial charge on any atom is -0.493 e. The molecular weight excluding hydrogens is 284 g/mol. The van der Waals surface area contributed by atoms with E-state index in [1.54, 1.807) is 7.05 Å². The molecule has 1 aromatic carbocycles. The summed E-state index contributed by atoms with van der Waals surface area (Å²) in [5.74, 6) is -0.363. The van der Waals surface area contributed by atoms with Gasteiger partial charge in [0, 0.05) is 19.2 Å². The zero-order valence-electron chi connectivity index (χ0n) is 11.6. The second kappa shape index (κ2) is 7.00. The van der Waals surface area contributed by atoms with Crippen LogP contribution in [0.25, 0.3) is 0 Å². The summed E-state index contributed by atoms with van der Waals surface area (Å²) in [6, 6.07) is 2.98. The maximum absolute atomic E-state index is 12.1. The van der Waals surface area contributed by atoms with Crippen LogP contribution < -0.4 is 15.2 Å². The minimum absolute atomic E-state index is 0.179. The Morgan fingerprint density at radius 1 is 1.40 bits per heavy atom. The van der Waals surface area contributed by atoms with Crippen molar-refractivity contribution in [2.75, 3.05) is 27.3 Å². The minimum atomic E-state index is -0.631. The molecule has 0 aliphatic carbocycles. The molecule has 1 aromatic rings. The van der Waals surface area contributed by atoms with E-state index in [1.807, 2.05) is 6.92 Å². The molecule has 0 aliphatic rings. The van der Waals surface area contributed by atoms with Crippen molar-refractivity contribution in [3.8, 4) is 11.5 Å². The summed E-state index contributed by atoms with van der Waals surface area (Å²) in [6.07, 6.45) is 0. The van der Waals surface area contributed by atoms with Gasteiger partial charge in [-0.3, -0.25) is 9.59 Å². The third-order valence-corrected chi connectivity index (χ3v) is 2.94. The standard InChI is InChI=1S/C13H17ClN2O4/c1-4-16(2)13(18)8-5-9(14)12(10(6-8)19-3)20-7-11(15)17/h5-6H,4,7H2,1-3H3,(H2,15,17). The Labute approximate surface area is 122 Å². The van der Waals surface area contributed by atoms with E-state index in [1.165, 1.54) is 24.1 Å². The number of rotatable bonds is 6. The van der Waals surface area contributed by atoms with Crippen LogP contribution in [0.4, 0.5) is 0 Å². The highest BCUT2D eigenvalue weighted by molar-refractivity contribution is 6.32. The van der Waals surface area contributed by atoms with Crippen LogP contribution >= 0.6 is 11.6 Å². The highest BCUT2D eigenvalue weighted by Gasteiger charge is 2.18. The van der Waals surface area contributed by atoms with Crippen LogP contribution in [0.1, 0.15) is 17.3 Å². The fraction of sp³-hybridized carbons (Fsp3) is 0.385. The molecule has 2 N–H and O–H groups in total. The number of benzene rings is 1. The van der Waals surface area contributed by atoms with Crippen LogP contribution in [-0.2, 0) is 4.79 Å². The predicted molar refractivity (Wildman–Crippen MR) is 75.3 cm³/mol. The lowest BCUT2D eigenvalue weighted by Crippen LogP contribution is -2.26. The van der Waals surface area contributed by atoms with Gasteiger partial charge in [0.25, 0.3) is 11.8 Å². The number of carbonyl (C=O) groups is 2. The maximum Gasteiger partial charge on any atom is 0.255 e. The van der Waals surface area contributed by atoms with Crippen molar-refractivity contribution in [1.29, 1.82) is 0 Å². The van der Waals surface area contributed by atoms with Gasteiger partial charge in [-0.25, -0.2) is 0 Å². The van der Waals surface area contributed by atoms with Gasteiger partial charge in [0.2, 0.25) is 0 Å². The summed E-state index contributed by atoms with van der Waals surface area (Å²) in [7, 11) is 3.10. The average molecular weight is 301 g/mol. The van der Waals surface area contributed by atoms with Gasteiger partial charge in [0.1, 0.15) is 0 Å². The second-order valence-corrected chi connectivity index (χ2v) is 4.47. The summed E-state index contributed by atoms with van der Waals surface area (Å²) in [4.78, 5) is 24.3. The molecule has 0 bridgehead atoms. The van der Waals surface area contributed by atoms with E-state index in [0.29, 0.717) is 12.1 Å². The van der Waals surface area contributed by atoms with Crippen molar-refractivity contribution in [3.63, 3.8) is 0 Å². The lowest BCUT2D eigenvalue weighted by molar-refractivity contribution is -0.119. The van der Waals surface area contributed by atoms with Crippen molar-refractivity contribution in [2.24, 2.45) is 5.73 Å². The summed E-state index contributed by atoms with van der Waals surface area (Å²) in [5.41, 5.74) is 5.39. The molecule has 0 aliphatic heterocycles. The maximum atomic E-state index is 12.1. The van der Waals surface area contributed by atoms with Gasteiger partial charge in [-0.05, 0) is 19.1 Å². The van der Waals surface area contributed by atoms with Gasteiger partial charge in [0.05, 0.1) is 12.1 Å². The van der Waals surface area contributed by atoms with Crippen LogP contribution in [0.3, 0.4) is 0 Å². The Kier molecular flexibility index (Phi) is 5.64. The number of hydrogen-bond donors (Lipinski definition) is 1. The zero-order chi connectivity index (χ0) is 15.3. The number of nitrogens with two attached hydrogens (primary N) is 1. The molecule has 0 fully saturated rings. The molecule has 0 unspecified atom stereocenters. The Balaban J connectivity index is 3.12. The largest absolute Gasteiger partial charge is 0.493 e. The fourth-order valence-electron chi connectivity index (χ4n) is 1.49. The Hall–Kier alpha value is -1.95. The highest BCUT2D eigenvalue weighted by Crippen LogP contribution is 2.36. The van der Waals surface area contributed by atoms with Crippen molar-refractivity contribution in [1.82, 2.24) is 4.90 Å². The number of nitrogens with zero attached hydrogens (tertiary/aromatic N) is 1. The first-order valence-corrected chi connectivity index (χ1v) is 6.32. The molecule has 0 spiro atoms. The van der Waals surface area contributed by atoms with E-state index in [9.17, 15) is 9.59 Å². The van der Waals surface area contributed by atoms with E-state index in [2.05, 4.69) is 0 Å². The molecule has 20 heavy (non-hydrogen) atoms. The second-order valence-electron chi connectivity index (χ2n) is 4.06. The van der Waals surface area contributed by atoms with Crippen LogP contribution in [-0.4, -0.2) is 44.0 Å². The molecule has 110 valence electrons. The third kappa shape index (κ3) is 3.77. The monoisotopic (exact) mass is 300 g/mol. The lowest BCUT2D eigenvalue weighted by Gasteiger charge is -2.17. The molecule has 0 radical (unpaired) electrons. The van der Waals surface area contributed by atoms with Crippen molar-refractivity contribution in [2.45, 2.75) is 6.92 Å². The quantitative estimate of drug-likeness (QED) is 0.858. The molecular formula is C13H17ClN2O4. The first-order valence-electron chi connectivity index (χ1n) is 5.94. The van der Waals surface area contributed by atoms with Gasteiger partial charge in [-0.1, -0.05) is 11.6 Å². The average Bonchev–Trinajstić information content (AvgIpc) is 2.43. The summed E-state index contributed by atoms with van der Waals surface area (Å²) in [6.45, 7) is 2.11. The smallest absolute Gasteiger partial charge is 0.255 e. The zero-order valence-corrected chi connectivity index (χ0v) is 12.4. The lowest BCUT2D eigenvalue weighted by atomic mass is 10.1. The van der Waals surface area contributed by atoms with Gasteiger partial charge in [0.15, 0.2) is 18.1 Å². The number of methoxy groups -OCH3 is 1. The summed E-state index contributed by atoms with van der Waals surface area (Å²) in [5, 5.41) is 0.179. The van der Waals surface area contributed by atoms with Gasteiger partial charge < -0.3 is 20.1 Å². The van der Waals surface area contributed by atoms with Crippen LogP contribution in [0.5, 0.6) is 11.5 Å². The molecule has 0 aromatic heterocycles. The van der Waals surface area contributed by atoms with Crippen molar-refractivity contribution < 1.29 is 19.1 Å². The van der Waals surface area contributed by atoms with Crippen molar-refractivity contribution in [3.05, 3.63) is 22.7 Å². The number of primary amides is 1. The third-order valence-electron chi connectivity index (χ3n) is 2.66. The summed E-state index contributed by atoms with van der Waals surface area (Å²) >= 11 is 6.06. The Morgan fingerprint density at radius 2 is 2.05 bits per heavy atom. The van der Waals surface area contributed by atoms with Gasteiger partial charge in [-0.15, -0.1) is 0 Å². The van der Waals surface area contributed by atoms with E-state index in [0.717, 1.165) is 0 Å². The van der Waals surface area contributed by atoms with Gasteiger partial charge in [-0.2, -0.15) is 0 Å². The molecule has 0 saturated heterocycles. The van der Waals surface area contributed by atoms with E-state index in [4.69, 9.17) is 26.8 Å². The normalized spacial score (nSPS) is 10.0. The van der Waals surface area contributed by atoms with E-state index < -0.39 is 5.91 Å². The molecule has 1 rings (SSSR count). The number of carbonyl (C=O) groups excluding carboxylic acids is 2. The fourth-order valence-corrected chi connectivity index (χ4v) is 1.76.